The Bertz CT molecular complexity index is 836. The van der Waals surface area contributed by atoms with Gasteiger partial charge in [0.2, 0.25) is 0 Å². The minimum atomic E-state index is -1.29. The maximum atomic E-state index is 12.8. The van der Waals surface area contributed by atoms with Crippen molar-refractivity contribution < 1.29 is 19.1 Å². The van der Waals surface area contributed by atoms with Gasteiger partial charge in [-0.25, -0.2) is 4.79 Å². The third-order valence-corrected chi connectivity index (χ3v) is 4.54. The van der Waals surface area contributed by atoms with Crippen LogP contribution >= 0.6 is 15.9 Å². The van der Waals surface area contributed by atoms with E-state index in [1.807, 2.05) is 19.1 Å². The highest BCUT2D eigenvalue weighted by atomic mass is 79.9. The summed E-state index contributed by atoms with van der Waals surface area (Å²) in [4.78, 5) is 25.1. The number of ether oxygens (including phenoxy) is 2. The second-order valence-electron chi connectivity index (χ2n) is 5.98. The Labute approximate surface area is 154 Å². The minimum Gasteiger partial charge on any atom is -0.492 e. The number of benzene rings is 2. The second kappa shape index (κ2) is 6.88. The molecular formula is C19H18BrNO4. The monoisotopic (exact) mass is 403 g/mol. The predicted octanol–water partition coefficient (Wildman–Crippen LogP) is 3.96. The Morgan fingerprint density at radius 2 is 2.08 bits per heavy atom. The molecule has 1 amide bonds. The molecule has 1 unspecified atom stereocenters. The molecule has 0 aromatic heterocycles. The lowest BCUT2D eigenvalue weighted by Gasteiger charge is -2.33. The normalized spacial score (nSPS) is 18.9. The molecule has 0 spiro atoms. The predicted molar refractivity (Wildman–Crippen MR) is 97.9 cm³/mol. The summed E-state index contributed by atoms with van der Waals surface area (Å²) in [6.07, 6.45) is 0.302. The smallest absolute Gasteiger partial charge is 0.339 e. The number of hydrogen-bond acceptors (Lipinski definition) is 4. The van der Waals surface area contributed by atoms with Gasteiger partial charge in [-0.15, -0.1) is 0 Å². The van der Waals surface area contributed by atoms with E-state index in [9.17, 15) is 9.59 Å². The Morgan fingerprint density at radius 1 is 1.32 bits per heavy atom. The standard InChI is InChI=1S/C19H18BrNO4/c1-3-24-16-7-5-4-6-15(16)21-18(23)19(2)11-12-10-13(20)8-9-14(12)17(22)25-19/h4-10H,3,11H2,1-2H3,(H,21,23). The molecule has 2 aromatic rings. The van der Waals surface area contributed by atoms with Crippen LogP contribution in [0.4, 0.5) is 5.69 Å². The van der Waals surface area contributed by atoms with Crippen LogP contribution in [0.25, 0.3) is 0 Å². The highest BCUT2D eigenvalue weighted by molar-refractivity contribution is 9.10. The van der Waals surface area contributed by atoms with Gasteiger partial charge < -0.3 is 14.8 Å². The maximum absolute atomic E-state index is 12.8. The van der Waals surface area contributed by atoms with Crippen molar-refractivity contribution in [2.24, 2.45) is 0 Å². The van der Waals surface area contributed by atoms with E-state index in [-0.39, 0.29) is 0 Å². The third-order valence-electron chi connectivity index (χ3n) is 4.05. The highest BCUT2D eigenvalue weighted by Crippen LogP contribution is 2.32. The van der Waals surface area contributed by atoms with Crippen molar-refractivity contribution in [2.45, 2.75) is 25.9 Å². The number of hydrogen-bond donors (Lipinski definition) is 1. The molecule has 25 heavy (non-hydrogen) atoms. The van der Waals surface area contributed by atoms with Crippen LogP contribution in [0.15, 0.2) is 46.9 Å². The van der Waals surface area contributed by atoms with Gasteiger partial charge in [0.1, 0.15) is 5.75 Å². The zero-order chi connectivity index (χ0) is 18.0. The molecule has 0 radical (unpaired) electrons. The Morgan fingerprint density at radius 3 is 2.84 bits per heavy atom. The van der Waals surface area contributed by atoms with Crippen LogP contribution in [-0.2, 0) is 16.0 Å². The SMILES string of the molecule is CCOc1ccccc1NC(=O)C1(C)Cc2cc(Br)ccc2C(=O)O1. The number of nitrogens with one attached hydrogen (secondary N) is 1. The number of amides is 1. The average molecular weight is 404 g/mol. The fourth-order valence-electron chi connectivity index (χ4n) is 2.80. The molecule has 6 heteroatoms. The largest absolute Gasteiger partial charge is 0.492 e. The molecule has 0 saturated carbocycles. The number of cyclic esters (lactones) is 1. The molecule has 0 aliphatic carbocycles. The Kier molecular flexibility index (Phi) is 4.81. The number of halogens is 1. The molecule has 0 fully saturated rings. The van der Waals surface area contributed by atoms with Gasteiger partial charge in [-0.2, -0.15) is 0 Å². The van der Waals surface area contributed by atoms with E-state index >= 15 is 0 Å². The van der Waals surface area contributed by atoms with E-state index in [0.717, 1.165) is 10.0 Å². The third kappa shape index (κ3) is 3.54. The van der Waals surface area contributed by atoms with E-state index in [2.05, 4.69) is 21.2 Å². The molecule has 1 aliphatic heterocycles. The quantitative estimate of drug-likeness (QED) is 0.784. The van der Waals surface area contributed by atoms with Gasteiger partial charge in [0.05, 0.1) is 17.9 Å². The fraction of sp³-hybridized carbons (Fsp3) is 0.263. The summed E-state index contributed by atoms with van der Waals surface area (Å²) in [5.41, 5.74) is 0.528. The van der Waals surface area contributed by atoms with Gasteiger partial charge >= 0.3 is 5.97 Å². The Balaban J connectivity index is 1.86. The second-order valence-corrected chi connectivity index (χ2v) is 6.90. The Hall–Kier alpha value is -2.34. The average Bonchev–Trinajstić information content (AvgIpc) is 2.56. The first-order valence-corrected chi connectivity index (χ1v) is 8.77. The molecule has 1 heterocycles. The summed E-state index contributed by atoms with van der Waals surface area (Å²) in [6, 6.07) is 12.5. The van der Waals surface area contributed by atoms with Gasteiger partial charge in [0, 0.05) is 10.9 Å². The number of anilines is 1. The molecule has 5 nitrogen and oxygen atoms in total. The molecule has 2 aromatic carbocycles. The zero-order valence-electron chi connectivity index (χ0n) is 14.0. The number of carbonyl (C=O) groups is 2. The summed E-state index contributed by atoms with van der Waals surface area (Å²) >= 11 is 3.40. The van der Waals surface area contributed by atoms with E-state index < -0.39 is 17.5 Å². The first-order chi connectivity index (χ1) is 11.9. The molecule has 1 N–H and O–H groups in total. The first-order valence-electron chi connectivity index (χ1n) is 7.98. The van der Waals surface area contributed by atoms with Crippen molar-refractivity contribution in [1.82, 2.24) is 0 Å². The van der Waals surface area contributed by atoms with Crippen molar-refractivity contribution in [3.8, 4) is 5.75 Å². The van der Waals surface area contributed by atoms with Gasteiger partial charge in [0.25, 0.3) is 5.91 Å². The summed E-state index contributed by atoms with van der Waals surface area (Å²) in [5, 5.41) is 2.82. The van der Waals surface area contributed by atoms with Crippen molar-refractivity contribution >= 4 is 33.5 Å². The molecule has 0 bridgehead atoms. The maximum Gasteiger partial charge on any atom is 0.339 e. The van der Waals surface area contributed by atoms with Crippen molar-refractivity contribution in [1.29, 1.82) is 0 Å². The zero-order valence-corrected chi connectivity index (χ0v) is 15.6. The van der Waals surface area contributed by atoms with E-state index in [4.69, 9.17) is 9.47 Å². The number of para-hydroxylation sites is 2. The molecular weight excluding hydrogens is 386 g/mol. The lowest BCUT2D eigenvalue weighted by molar-refractivity contribution is -0.134. The topological polar surface area (TPSA) is 64.6 Å². The van der Waals surface area contributed by atoms with E-state index in [0.29, 0.717) is 30.0 Å². The number of carbonyl (C=O) groups excluding carboxylic acids is 2. The van der Waals surface area contributed by atoms with Gasteiger partial charge in [-0.05, 0) is 49.7 Å². The van der Waals surface area contributed by atoms with E-state index in [1.54, 1.807) is 37.3 Å². The molecule has 1 aliphatic rings. The van der Waals surface area contributed by atoms with Crippen molar-refractivity contribution in [2.75, 3.05) is 11.9 Å². The van der Waals surface area contributed by atoms with Crippen LogP contribution < -0.4 is 10.1 Å². The molecule has 0 saturated heterocycles. The molecule has 1 atom stereocenters. The van der Waals surface area contributed by atoms with Crippen LogP contribution in [0, 0.1) is 0 Å². The van der Waals surface area contributed by atoms with Crippen LogP contribution in [0.5, 0.6) is 5.75 Å². The van der Waals surface area contributed by atoms with Gasteiger partial charge in [-0.3, -0.25) is 4.79 Å². The lowest BCUT2D eigenvalue weighted by atomic mass is 9.89. The number of fused-ring (bicyclic) bond motifs is 1. The lowest BCUT2D eigenvalue weighted by Crippen LogP contribution is -2.49. The van der Waals surface area contributed by atoms with Crippen molar-refractivity contribution in [3.05, 3.63) is 58.1 Å². The van der Waals surface area contributed by atoms with Crippen LogP contribution in [0.1, 0.15) is 29.8 Å². The summed E-state index contributed by atoms with van der Waals surface area (Å²) in [7, 11) is 0. The van der Waals surface area contributed by atoms with Gasteiger partial charge in [-0.1, -0.05) is 28.1 Å². The first kappa shape index (κ1) is 17.5. The van der Waals surface area contributed by atoms with E-state index in [1.165, 1.54) is 0 Å². The fourth-order valence-corrected chi connectivity index (χ4v) is 3.21. The van der Waals surface area contributed by atoms with Crippen molar-refractivity contribution in [3.63, 3.8) is 0 Å². The molecule has 130 valence electrons. The number of esters is 1. The minimum absolute atomic E-state index is 0.302. The van der Waals surface area contributed by atoms with Crippen LogP contribution in [0.2, 0.25) is 0 Å². The summed E-state index contributed by atoms with van der Waals surface area (Å²) < 4.78 is 11.8. The number of rotatable bonds is 4. The van der Waals surface area contributed by atoms with Gasteiger partial charge in [0.15, 0.2) is 5.60 Å². The molecule has 3 rings (SSSR count). The van der Waals surface area contributed by atoms with Crippen LogP contribution in [-0.4, -0.2) is 24.1 Å². The summed E-state index contributed by atoms with van der Waals surface area (Å²) in [6.45, 7) is 3.98. The van der Waals surface area contributed by atoms with Crippen LogP contribution in [0.3, 0.4) is 0 Å². The summed E-state index contributed by atoms with van der Waals surface area (Å²) in [5.74, 6) is -0.310. The highest BCUT2D eigenvalue weighted by Gasteiger charge is 2.43.